The van der Waals surface area contributed by atoms with Gasteiger partial charge in [-0.15, -0.1) is 0 Å². The molecule has 0 radical (unpaired) electrons. The number of hydrogen-bond acceptors (Lipinski definition) is 6. The molecule has 0 unspecified atom stereocenters. The molecule has 1 aliphatic rings. The zero-order valence-corrected chi connectivity index (χ0v) is 20.0. The van der Waals surface area contributed by atoms with E-state index in [4.69, 9.17) is 32.5 Å². The maximum absolute atomic E-state index is 15.6. The normalized spacial score (nSPS) is 21.6. The summed E-state index contributed by atoms with van der Waals surface area (Å²) in [6.45, 7) is 5.98. The third-order valence-electron chi connectivity index (χ3n) is 5.45. The fourth-order valence-electron chi connectivity index (χ4n) is 3.73. The van der Waals surface area contributed by atoms with Crippen LogP contribution in [0, 0.1) is 5.82 Å². The number of hydrogen-bond donors (Lipinski definition) is 2. The molecular weight excluding hydrogens is 467 g/mol. The first kappa shape index (κ1) is 24.9. The van der Waals surface area contributed by atoms with E-state index < -0.39 is 17.1 Å². The standard InChI is InChI=1S/C23H26ClFN4O3S/c1-14-12-23(22(27)30,8-10-31-14)17-5-4-6-19(21(17)25)33-16(13-26)11-18(24)15(2)32-20-7-9-28-29(20)3/h4-7,9,11,13-14H,2,8,10,12,26H2,1,3H3,(H2,27,30)/b16-13+,18-11+/t14-,23+/m0/s1. The largest absolute Gasteiger partial charge is 0.438 e. The molecule has 2 heterocycles. The third-order valence-corrected chi connectivity index (χ3v) is 6.79. The van der Waals surface area contributed by atoms with E-state index in [1.54, 1.807) is 37.5 Å². The van der Waals surface area contributed by atoms with Crippen LogP contribution in [0.4, 0.5) is 4.39 Å². The summed E-state index contributed by atoms with van der Waals surface area (Å²) >= 11 is 7.41. The SMILES string of the molecule is C=C(Oc1ccnn1C)/C(Cl)=C\C(=C/N)Sc1cccc([C@@]2(C(N)=O)CCO[C@@H](C)C2)c1F. The number of nitrogens with two attached hydrogens (primary N) is 2. The summed E-state index contributed by atoms with van der Waals surface area (Å²) in [7, 11) is 1.72. The lowest BCUT2D eigenvalue weighted by Gasteiger charge is -2.38. The maximum Gasteiger partial charge on any atom is 0.228 e. The second-order valence-corrected chi connectivity index (χ2v) is 9.20. The number of allylic oxidation sites excluding steroid dienone is 2. The third kappa shape index (κ3) is 5.43. The van der Waals surface area contributed by atoms with Crippen LogP contribution >= 0.6 is 23.4 Å². The lowest BCUT2D eigenvalue weighted by Crippen LogP contribution is -2.48. The Hall–Kier alpha value is -2.75. The van der Waals surface area contributed by atoms with Gasteiger partial charge in [-0.25, -0.2) is 9.07 Å². The first-order chi connectivity index (χ1) is 15.7. The molecule has 1 aromatic heterocycles. The van der Waals surface area contributed by atoms with Crippen LogP contribution in [0.15, 0.2) is 69.9 Å². The molecule has 1 aromatic carbocycles. The van der Waals surface area contributed by atoms with Crippen LogP contribution in [-0.4, -0.2) is 28.4 Å². The van der Waals surface area contributed by atoms with Crippen LogP contribution in [0.5, 0.6) is 5.88 Å². The van der Waals surface area contributed by atoms with Crippen LogP contribution in [0.25, 0.3) is 0 Å². The van der Waals surface area contributed by atoms with Crippen molar-refractivity contribution >= 4 is 29.3 Å². The second kappa shape index (κ2) is 10.5. The quantitative estimate of drug-likeness (QED) is 0.326. The van der Waals surface area contributed by atoms with E-state index in [0.717, 1.165) is 11.8 Å². The molecule has 7 nitrogen and oxygen atoms in total. The molecule has 1 saturated heterocycles. The minimum Gasteiger partial charge on any atom is -0.438 e. The van der Waals surface area contributed by atoms with Crippen molar-refractivity contribution in [2.24, 2.45) is 18.5 Å². The number of thioether (sulfide) groups is 1. The van der Waals surface area contributed by atoms with Crippen molar-refractivity contribution < 1.29 is 18.7 Å². The van der Waals surface area contributed by atoms with Crippen LogP contribution in [0.3, 0.4) is 0 Å². The number of halogens is 2. The van der Waals surface area contributed by atoms with Gasteiger partial charge in [-0.2, -0.15) is 5.10 Å². The van der Waals surface area contributed by atoms with E-state index in [1.807, 2.05) is 6.92 Å². The van der Waals surface area contributed by atoms with Crippen molar-refractivity contribution in [3.05, 3.63) is 76.4 Å². The van der Waals surface area contributed by atoms with E-state index in [1.165, 1.54) is 17.0 Å². The number of aromatic nitrogens is 2. The summed E-state index contributed by atoms with van der Waals surface area (Å²) in [5.41, 5.74) is 10.6. The molecule has 1 fully saturated rings. The fourth-order valence-corrected chi connectivity index (χ4v) is 4.79. The predicted octanol–water partition coefficient (Wildman–Crippen LogP) is 4.09. The molecule has 2 atom stereocenters. The highest BCUT2D eigenvalue weighted by atomic mass is 35.5. The Labute approximate surface area is 201 Å². The van der Waals surface area contributed by atoms with E-state index in [2.05, 4.69) is 11.7 Å². The topological polar surface area (TPSA) is 105 Å². The van der Waals surface area contributed by atoms with Crippen molar-refractivity contribution in [1.29, 1.82) is 0 Å². The van der Waals surface area contributed by atoms with Crippen molar-refractivity contribution in [3.8, 4) is 5.88 Å². The van der Waals surface area contributed by atoms with Gasteiger partial charge in [-0.05, 0) is 31.9 Å². The zero-order chi connectivity index (χ0) is 24.2. The number of nitrogens with zero attached hydrogens (tertiary/aromatic N) is 2. The number of amides is 1. The van der Waals surface area contributed by atoms with Gasteiger partial charge in [0.2, 0.25) is 11.8 Å². The number of carbonyl (C=O) groups is 1. The molecule has 1 amide bonds. The Bertz CT molecular complexity index is 1120. The fraction of sp³-hybridized carbons (Fsp3) is 0.304. The summed E-state index contributed by atoms with van der Waals surface area (Å²) in [5.74, 6) is -0.457. The molecule has 2 aromatic rings. The molecular formula is C23H26ClFN4O3S. The first-order valence-corrected chi connectivity index (χ1v) is 11.4. The van der Waals surface area contributed by atoms with Crippen LogP contribution in [-0.2, 0) is 22.0 Å². The summed E-state index contributed by atoms with van der Waals surface area (Å²) in [4.78, 5) is 13.2. The Kier molecular flexibility index (Phi) is 7.88. The number of ether oxygens (including phenoxy) is 2. The molecule has 10 heteroatoms. The molecule has 1 aliphatic heterocycles. The van der Waals surface area contributed by atoms with Gasteiger partial charge in [0.25, 0.3) is 0 Å². The summed E-state index contributed by atoms with van der Waals surface area (Å²) in [6, 6.07) is 6.55. The van der Waals surface area contributed by atoms with Crippen LogP contribution in [0.2, 0.25) is 0 Å². The number of carbonyl (C=O) groups excluding carboxylic acids is 1. The van der Waals surface area contributed by atoms with E-state index in [9.17, 15) is 4.79 Å². The minimum atomic E-state index is -1.14. The van der Waals surface area contributed by atoms with Gasteiger partial charge >= 0.3 is 0 Å². The van der Waals surface area contributed by atoms with E-state index >= 15 is 4.39 Å². The lowest BCUT2D eigenvalue weighted by molar-refractivity contribution is -0.129. The highest BCUT2D eigenvalue weighted by Crippen LogP contribution is 2.41. The van der Waals surface area contributed by atoms with Crippen LogP contribution in [0.1, 0.15) is 25.3 Å². The van der Waals surface area contributed by atoms with Gasteiger partial charge in [0.1, 0.15) is 11.6 Å². The molecule has 0 aliphatic carbocycles. The number of aryl methyl sites for hydroxylation is 1. The van der Waals surface area contributed by atoms with E-state index in [-0.39, 0.29) is 27.4 Å². The van der Waals surface area contributed by atoms with Crippen molar-refractivity contribution in [2.75, 3.05) is 6.61 Å². The van der Waals surface area contributed by atoms with Crippen molar-refractivity contribution in [1.82, 2.24) is 9.78 Å². The molecule has 33 heavy (non-hydrogen) atoms. The zero-order valence-electron chi connectivity index (χ0n) is 18.4. The molecule has 0 bridgehead atoms. The first-order valence-electron chi connectivity index (χ1n) is 10.2. The Balaban J connectivity index is 1.85. The highest BCUT2D eigenvalue weighted by Gasteiger charge is 2.44. The number of benzene rings is 1. The van der Waals surface area contributed by atoms with Crippen LogP contribution < -0.4 is 16.2 Å². The van der Waals surface area contributed by atoms with Crippen molar-refractivity contribution in [3.63, 3.8) is 0 Å². The predicted molar refractivity (Wildman–Crippen MR) is 127 cm³/mol. The Morgan fingerprint density at radius 2 is 2.24 bits per heavy atom. The molecule has 4 N–H and O–H groups in total. The number of primary amides is 1. The summed E-state index contributed by atoms with van der Waals surface area (Å²) in [6.07, 6.45) is 4.82. The van der Waals surface area contributed by atoms with Gasteiger partial charge in [-0.3, -0.25) is 4.79 Å². The number of rotatable bonds is 8. The maximum atomic E-state index is 15.6. The Morgan fingerprint density at radius 3 is 2.85 bits per heavy atom. The van der Waals surface area contributed by atoms with Gasteiger partial charge in [0.15, 0.2) is 0 Å². The summed E-state index contributed by atoms with van der Waals surface area (Å²) in [5, 5.41) is 4.20. The minimum absolute atomic E-state index is 0.179. The molecule has 0 spiro atoms. The Morgan fingerprint density at radius 1 is 1.48 bits per heavy atom. The monoisotopic (exact) mass is 492 g/mol. The average molecular weight is 493 g/mol. The highest BCUT2D eigenvalue weighted by molar-refractivity contribution is 8.03. The lowest BCUT2D eigenvalue weighted by atomic mass is 9.71. The smallest absolute Gasteiger partial charge is 0.228 e. The van der Waals surface area contributed by atoms with Gasteiger partial charge < -0.3 is 20.9 Å². The second-order valence-electron chi connectivity index (χ2n) is 7.68. The molecule has 0 saturated carbocycles. The van der Waals surface area contributed by atoms with Gasteiger partial charge in [0, 0.05) is 41.3 Å². The van der Waals surface area contributed by atoms with Crippen molar-refractivity contribution in [2.45, 2.75) is 36.2 Å². The molecule has 176 valence electrons. The molecule has 3 rings (SSSR count). The summed E-state index contributed by atoms with van der Waals surface area (Å²) < 4.78 is 28.3. The van der Waals surface area contributed by atoms with Gasteiger partial charge in [0.05, 0.1) is 22.7 Å². The average Bonchev–Trinajstić information content (AvgIpc) is 3.18. The van der Waals surface area contributed by atoms with Gasteiger partial charge in [-0.1, -0.05) is 42.1 Å². The van der Waals surface area contributed by atoms with E-state index in [0.29, 0.717) is 30.2 Å².